The van der Waals surface area contributed by atoms with Crippen LogP contribution in [-0.4, -0.2) is 30.8 Å². The lowest BCUT2D eigenvalue weighted by atomic mass is 9.95. The lowest BCUT2D eigenvalue weighted by Crippen LogP contribution is -2.44. The van der Waals surface area contributed by atoms with E-state index in [0.29, 0.717) is 12.6 Å². The van der Waals surface area contributed by atoms with Crippen LogP contribution in [0.3, 0.4) is 0 Å². The van der Waals surface area contributed by atoms with E-state index in [1.807, 2.05) is 0 Å². The largest absolute Gasteiger partial charge is 0.329 e. The van der Waals surface area contributed by atoms with Crippen molar-refractivity contribution in [2.75, 3.05) is 19.7 Å². The summed E-state index contributed by atoms with van der Waals surface area (Å²) in [5.74, 6) is 0.244. The highest BCUT2D eigenvalue weighted by molar-refractivity contribution is 5.85. The first-order valence-electron chi connectivity index (χ1n) is 4.43. The second-order valence-electron chi connectivity index (χ2n) is 3.30. The monoisotopic (exact) mass is 261 g/mol. The van der Waals surface area contributed by atoms with Gasteiger partial charge in [-0.25, -0.2) is 0 Å². The van der Waals surface area contributed by atoms with E-state index in [0.717, 1.165) is 19.4 Å². The standard InChI is InChI=1S/C7H15N3O3.2ClH/c8-3-7-2-1-6(4-9-7)5-13-10(11)12;;/h6-7,9H,1-5,8H2;2*1H. The molecule has 0 radical (unpaired) electrons. The highest BCUT2D eigenvalue weighted by Gasteiger charge is 2.20. The molecule has 15 heavy (non-hydrogen) atoms. The van der Waals surface area contributed by atoms with Gasteiger partial charge >= 0.3 is 0 Å². The molecule has 8 heteroatoms. The lowest BCUT2D eigenvalue weighted by molar-refractivity contribution is -0.759. The molecule has 6 nitrogen and oxygen atoms in total. The van der Waals surface area contributed by atoms with Crippen LogP contribution in [0.15, 0.2) is 0 Å². The van der Waals surface area contributed by atoms with Crippen LogP contribution < -0.4 is 11.1 Å². The number of hydrogen-bond donors (Lipinski definition) is 2. The summed E-state index contributed by atoms with van der Waals surface area (Å²) in [5.41, 5.74) is 5.47. The molecule has 0 bridgehead atoms. The Hall–Kier alpha value is -0.300. The molecule has 0 aliphatic carbocycles. The zero-order chi connectivity index (χ0) is 9.68. The molecule has 3 N–H and O–H groups in total. The Kier molecular flexibility index (Phi) is 10.2. The highest BCUT2D eigenvalue weighted by atomic mass is 35.5. The van der Waals surface area contributed by atoms with E-state index < -0.39 is 5.09 Å². The normalized spacial score (nSPS) is 24.6. The Balaban J connectivity index is 0. The Morgan fingerprint density at radius 3 is 2.53 bits per heavy atom. The molecule has 2 unspecified atom stereocenters. The van der Waals surface area contributed by atoms with Crippen molar-refractivity contribution in [1.82, 2.24) is 5.32 Å². The third-order valence-electron chi connectivity index (χ3n) is 2.32. The summed E-state index contributed by atoms with van der Waals surface area (Å²) >= 11 is 0. The molecular formula is C7H17Cl2N3O3. The van der Waals surface area contributed by atoms with Crippen LogP contribution in [0.25, 0.3) is 0 Å². The Labute approximate surface area is 101 Å². The smallest absolute Gasteiger partial charge is 0.294 e. The molecule has 1 aliphatic heterocycles. The maximum absolute atomic E-state index is 9.91. The first-order valence-corrected chi connectivity index (χ1v) is 4.43. The van der Waals surface area contributed by atoms with Crippen molar-refractivity contribution < 1.29 is 9.92 Å². The second-order valence-corrected chi connectivity index (χ2v) is 3.30. The number of nitrogens with one attached hydrogen (secondary N) is 1. The summed E-state index contributed by atoms with van der Waals surface area (Å²) in [6.07, 6.45) is 1.92. The number of rotatable bonds is 4. The molecule has 1 heterocycles. The zero-order valence-electron chi connectivity index (χ0n) is 8.26. The molecular weight excluding hydrogens is 245 g/mol. The molecule has 0 aromatic heterocycles. The number of nitrogens with two attached hydrogens (primary N) is 1. The maximum atomic E-state index is 9.91. The van der Waals surface area contributed by atoms with E-state index in [-0.39, 0.29) is 37.3 Å². The number of hydrogen-bond acceptors (Lipinski definition) is 5. The van der Waals surface area contributed by atoms with Gasteiger partial charge in [0.1, 0.15) is 6.61 Å². The van der Waals surface area contributed by atoms with Crippen molar-refractivity contribution >= 4 is 24.8 Å². The Bertz CT molecular complexity index is 177. The molecule has 0 aromatic carbocycles. The molecule has 1 fully saturated rings. The predicted molar refractivity (Wildman–Crippen MR) is 61.0 cm³/mol. The van der Waals surface area contributed by atoms with Crippen LogP contribution in [0.1, 0.15) is 12.8 Å². The van der Waals surface area contributed by atoms with E-state index in [1.54, 1.807) is 0 Å². The van der Waals surface area contributed by atoms with Crippen LogP contribution in [-0.2, 0) is 4.84 Å². The summed E-state index contributed by atoms with van der Waals surface area (Å²) in [6, 6.07) is 0.367. The molecule has 0 aromatic rings. The summed E-state index contributed by atoms with van der Waals surface area (Å²) < 4.78 is 0. The van der Waals surface area contributed by atoms with Gasteiger partial charge < -0.3 is 15.9 Å². The van der Waals surface area contributed by atoms with Crippen molar-refractivity contribution in [2.45, 2.75) is 18.9 Å². The van der Waals surface area contributed by atoms with E-state index in [2.05, 4.69) is 10.2 Å². The topological polar surface area (TPSA) is 90.4 Å². The molecule has 0 spiro atoms. The Morgan fingerprint density at radius 2 is 2.13 bits per heavy atom. The van der Waals surface area contributed by atoms with Gasteiger partial charge in [-0.15, -0.1) is 34.9 Å². The second kappa shape index (κ2) is 8.96. The van der Waals surface area contributed by atoms with E-state index in [4.69, 9.17) is 5.73 Å². The van der Waals surface area contributed by atoms with Gasteiger partial charge in [-0.1, -0.05) is 0 Å². The number of piperidine rings is 1. The van der Waals surface area contributed by atoms with Crippen molar-refractivity contribution in [3.63, 3.8) is 0 Å². The van der Waals surface area contributed by atoms with Crippen molar-refractivity contribution in [3.05, 3.63) is 10.1 Å². The van der Waals surface area contributed by atoms with Gasteiger partial charge in [-0.2, -0.15) is 0 Å². The first-order chi connectivity index (χ1) is 6.22. The van der Waals surface area contributed by atoms with Crippen molar-refractivity contribution in [3.8, 4) is 0 Å². The van der Waals surface area contributed by atoms with E-state index >= 15 is 0 Å². The van der Waals surface area contributed by atoms with Gasteiger partial charge in [0, 0.05) is 19.1 Å². The third-order valence-corrected chi connectivity index (χ3v) is 2.32. The minimum atomic E-state index is -0.741. The molecule has 1 rings (SSSR count). The SMILES string of the molecule is Cl.Cl.NCC1CCC(CO[N+](=O)[O-])CN1. The predicted octanol–water partition coefficient (Wildman–Crippen LogP) is 0.365. The lowest BCUT2D eigenvalue weighted by Gasteiger charge is -2.28. The molecule has 0 amide bonds. The van der Waals surface area contributed by atoms with Gasteiger partial charge in [0.05, 0.1) is 0 Å². The highest BCUT2D eigenvalue weighted by Crippen LogP contribution is 2.13. The molecule has 2 atom stereocenters. The van der Waals surface area contributed by atoms with Crippen LogP contribution >= 0.6 is 24.8 Å². The fourth-order valence-electron chi connectivity index (χ4n) is 1.48. The van der Waals surface area contributed by atoms with Crippen molar-refractivity contribution in [2.24, 2.45) is 11.7 Å². The fraction of sp³-hybridized carbons (Fsp3) is 1.00. The average Bonchev–Trinajstić information content (AvgIpc) is 2.15. The Morgan fingerprint density at radius 1 is 1.47 bits per heavy atom. The number of nitrogens with zero attached hydrogens (tertiary/aromatic N) is 1. The van der Waals surface area contributed by atoms with E-state index in [1.165, 1.54) is 0 Å². The van der Waals surface area contributed by atoms with Gasteiger partial charge in [0.25, 0.3) is 5.09 Å². The van der Waals surface area contributed by atoms with Gasteiger partial charge in [-0.05, 0) is 18.8 Å². The van der Waals surface area contributed by atoms with Gasteiger partial charge in [-0.3, -0.25) is 0 Å². The van der Waals surface area contributed by atoms with Crippen LogP contribution in [0.5, 0.6) is 0 Å². The summed E-state index contributed by atoms with van der Waals surface area (Å²) in [6.45, 7) is 1.58. The first kappa shape index (κ1) is 17.1. The van der Waals surface area contributed by atoms with E-state index in [9.17, 15) is 10.1 Å². The van der Waals surface area contributed by atoms with Crippen LogP contribution in [0.2, 0.25) is 0 Å². The molecule has 92 valence electrons. The quantitative estimate of drug-likeness (QED) is 0.564. The average molecular weight is 262 g/mol. The van der Waals surface area contributed by atoms with Gasteiger partial charge in [0.15, 0.2) is 0 Å². The summed E-state index contributed by atoms with van der Waals surface area (Å²) in [4.78, 5) is 14.2. The summed E-state index contributed by atoms with van der Waals surface area (Å²) in [5, 5.41) is 12.4. The minimum absolute atomic E-state index is 0. The van der Waals surface area contributed by atoms with Crippen LogP contribution in [0, 0.1) is 16.0 Å². The molecule has 1 aliphatic rings. The molecule has 0 saturated carbocycles. The number of halogens is 2. The van der Waals surface area contributed by atoms with Crippen molar-refractivity contribution in [1.29, 1.82) is 0 Å². The van der Waals surface area contributed by atoms with Gasteiger partial charge in [0.2, 0.25) is 0 Å². The fourth-order valence-corrected chi connectivity index (χ4v) is 1.48. The third kappa shape index (κ3) is 6.72. The van der Waals surface area contributed by atoms with Crippen LogP contribution in [0.4, 0.5) is 0 Å². The maximum Gasteiger partial charge on any atom is 0.294 e. The minimum Gasteiger partial charge on any atom is -0.329 e. The molecule has 1 saturated heterocycles. The zero-order valence-corrected chi connectivity index (χ0v) is 9.89. The summed E-state index contributed by atoms with van der Waals surface area (Å²) in [7, 11) is 0.